The SMILES string of the molecule is Cc1nn(-c2ccc(C(=O)N(C)C(C)c3ccco3)cc2)c(C)c1CCC(=O)O. The average molecular weight is 395 g/mol. The molecule has 29 heavy (non-hydrogen) atoms. The highest BCUT2D eigenvalue weighted by molar-refractivity contribution is 5.94. The molecule has 3 rings (SSSR count). The number of carbonyl (C=O) groups excluding carboxylic acids is 1. The first-order valence-corrected chi connectivity index (χ1v) is 9.47. The minimum absolute atomic E-state index is 0.0704. The van der Waals surface area contributed by atoms with Crippen LogP contribution in [0.4, 0.5) is 0 Å². The van der Waals surface area contributed by atoms with Crippen LogP contribution in [0.1, 0.15) is 52.5 Å². The number of hydrogen-bond acceptors (Lipinski definition) is 4. The van der Waals surface area contributed by atoms with E-state index in [0.29, 0.717) is 12.0 Å². The molecule has 0 aliphatic rings. The lowest BCUT2D eigenvalue weighted by atomic mass is 10.1. The molecule has 1 N–H and O–H groups in total. The first-order chi connectivity index (χ1) is 13.8. The fourth-order valence-corrected chi connectivity index (χ4v) is 3.36. The molecule has 3 aromatic rings. The summed E-state index contributed by atoms with van der Waals surface area (Å²) in [5, 5.41) is 13.5. The maximum absolute atomic E-state index is 12.8. The van der Waals surface area contributed by atoms with Crippen molar-refractivity contribution in [2.75, 3.05) is 7.05 Å². The van der Waals surface area contributed by atoms with Crippen LogP contribution in [0.2, 0.25) is 0 Å². The first kappa shape index (κ1) is 20.4. The van der Waals surface area contributed by atoms with Gasteiger partial charge in [-0.3, -0.25) is 9.59 Å². The van der Waals surface area contributed by atoms with E-state index in [1.54, 1.807) is 41.1 Å². The minimum Gasteiger partial charge on any atom is -0.481 e. The predicted octanol–water partition coefficient (Wildman–Crippen LogP) is 3.93. The fraction of sp³-hybridized carbons (Fsp3) is 0.318. The van der Waals surface area contributed by atoms with Crippen molar-refractivity contribution >= 4 is 11.9 Å². The summed E-state index contributed by atoms with van der Waals surface area (Å²) in [5.74, 6) is -0.197. The lowest BCUT2D eigenvalue weighted by Crippen LogP contribution is -2.29. The predicted molar refractivity (Wildman–Crippen MR) is 108 cm³/mol. The Bertz CT molecular complexity index is 1000. The fourth-order valence-electron chi connectivity index (χ4n) is 3.36. The van der Waals surface area contributed by atoms with Crippen LogP contribution in [0.15, 0.2) is 47.1 Å². The molecule has 0 aliphatic heterocycles. The van der Waals surface area contributed by atoms with Gasteiger partial charge in [-0.15, -0.1) is 0 Å². The van der Waals surface area contributed by atoms with E-state index in [0.717, 1.165) is 28.4 Å². The Morgan fingerprint density at radius 3 is 2.48 bits per heavy atom. The van der Waals surface area contributed by atoms with Crippen molar-refractivity contribution in [2.45, 2.75) is 39.7 Å². The molecule has 0 fully saturated rings. The van der Waals surface area contributed by atoms with Crippen molar-refractivity contribution in [1.29, 1.82) is 0 Å². The molecule has 1 atom stereocenters. The van der Waals surface area contributed by atoms with Gasteiger partial charge in [0.05, 0.1) is 23.7 Å². The summed E-state index contributed by atoms with van der Waals surface area (Å²) in [6.45, 7) is 5.72. The number of aromatic nitrogens is 2. The standard InChI is InChI=1S/C22H25N3O4/c1-14-19(11-12-21(26)27)15(2)25(23-14)18-9-7-17(8-10-18)22(28)24(4)16(3)20-6-5-13-29-20/h5-10,13,16H,11-12H2,1-4H3,(H,26,27). The molecule has 0 aliphatic carbocycles. The molecule has 7 nitrogen and oxygen atoms in total. The largest absolute Gasteiger partial charge is 0.481 e. The number of benzene rings is 1. The van der Waals surface area contributed by atoms with E-state index in [2.05, 4.69) is 5.10 Å². The summed E-state index contributed by atoms with van der Waals surface area (Å²) in [4.78, 5) is 25.3. The van der Waals surface area contributed by atoms with Crippen molar-refractivity contribution in [3.8, 4) is 5.69 Å². The second-order valence-corrected chi connectivity index (χ2v) is 7.11. The van der Waals surface area contributed by atoms with Crippen LogP contribution in [0, 0.1) is 13.8 Å². The number of nitrogens with zero attached hydrogens (tertiary/aromatic N) is 3. The topological polar surface area (TPSA) is 88.6 Å². The lowest BCUT2D eigenvalue weighted by Gasteiger charge is -2.23. The molecule has 0 saturated heterocycles. The Morgan fingerprint density at radius 1 is 1.21 bits per heavy atom. The van der Waals surface area contributed by atoms with Gasteiger partial charge < -0.3 is 14.4 Å². The number of rotatable bonds is 7. The van der Waals surface area contributed by atoms with Crippen LogP contribution in [0.5, 0.6) is 0 Å². The van der Waals surface area contributed by atoms with Crippen LogP contribution in [0.25, 0.3) is 5.69 Å². The van der Waals surface area contributed by atoms with Crippen molar-refractivity contribution in [3.05, 3.63) is 70.9 Å². The molecule has 2 aromatic heterocycles. The van der Waals surface area contributed by atoms with Crippen LogP contribution >= 0.6 is 0 Å². The molecule has 1 amide bonds. The Morgan fingerprint density at radius 2 is 1.90 bits per heavy atom. The van der Waals surface area contributed by atoms with Gasteiger partial charge in [-0.05, 0) is 69.2 Å². The Kier molecular flexibility index (Phi) is 5.87. The minimum atomic E-state index is -0.827. The van der Waals surface area contributed by atoms with E-state index in [1.807, 2.05) is 39.0 Å². The van der Waals surface area contributed by atoms with Crippen LogP contribution in [-0.2, 0) is 11.2 Å². The zero-order chi connectivity index (χ0) is 21.1. The second-order valence-electron chi connectivity index (χ2n) is 7.11. The van der Waals surface area contributed by atoms with Gasteiger partial charge in [-0.2, -0.15) is 5.10 Å². The van der Waals surface area contributed by atoms with E-state index in [-0.39, 0.29) is 18.4 Å². The van der Waals surface area contributed by atoms with Gasteiger partial charge in [-0.1, -0.05) is 0 Å². The van der Waals surface area contributed by atoms with Crippen LogP contribution in [-0.4, -0.2) is 38.7 Å². The first-order valence-electron chi connectivity index (χ1n) is 9.47. The third kappa shape index (κ3) is 4.23. The highest BCUT2D eigenvalue weighted by atomic mass is 16.4. The normalized spacial score (nSPS) is 12.0. The number of amides is 1. The van der Waals surface area contributed by atoms with Crippen molar-refractivity contribution < 1.29 is 19.1 Å². The molecule has 0 spiro atoms. The summed E-state index contributed by atoms with van der Waals surface area (Å²) in [7, 11) is 1.75. The molecule has 1 aromatic carbocycles. The molecule has 152 valence electrons. The number of carbonyl (C=O) groups is 2. The third-order valence-corrected chi connectivity index (χ3v) is 5.25. The molecule has 2 heterocycles. The molecular weight excluding hydrogens is 370 g/mol. The number of hydrogen-bond donors (Lipinski definition) is 1. The maximum atomic E-state index is 12.8. The van der Waals surface area contributed by atoms with Crippen molar-refractivity contribution in [1.82, 2.24) is 14.7 Å². The second kappa shape index (κ2) is 8.34. The molecule has 0 saturated carbocycles. The van der Waals surface area contributed by atoms with Crippen LogP contribution in [0.3, 0.4) is 0 Å². The smallest absolute Gasteiger partial charge is 0.303 e. The van der Waals surface area contributed by atoms with Crippen molar-refractivity contribution in [3.63, 3.8) is 0 Å². The lowest BCUT2D eigenvalue weighted by molar-refractivity contribution is -0.136. The highest BCUT2D eigenvalue weighted by Crippen LogP contribution is 2.23. The maximum Gasteiger partial charge on any atom is 0.303 e. The number of carboxylic acids is 1. The Labute approximate surface area is 169 Å². The van der Waals surface area contributed by atoms with E-state index < -0.39 is 5.97 Å². The van der Waals surface area contributed by atoms with Gasteiger partial charge in [0.15, 0.2) is 0 Å². The van der Waals surface area contributed by atoms with Gasteiger partial charge in [0.25, 0.3) is 5.91 Å². The summed E-state index contributed by atoms with van der Waals surface area (Å²) in [6, 6.07) is 10.7. The number of carboxylic acid groups (broad SMARTS) is 1. The van der Waals surface area contributed by atoms with E-state index in [4.69, 9.17) is 9.52 Å². The van der Waals surface area contributed by atoms with Gasteiger partial charge >= 0.3 is 5.97 Å². The third-order valence-electron chi connectivity index (χ3n) is 5.25. The zero-order valence-corrected chi connectivity index (χ0v) is 17.0. The molecule has 0 bridgehead atoms. The number of furan rings is 1. The number of aryl methyl sites for hydroxylation is 1. The Balaban J connectivity index is 1.79. The van der Waals surface area contributed by atoms with E-state index in [1.165, 1.54) is 0 Å². The van der Waals surface area contributed by atoms with Gasteiger partial charge in [0, 0.05) is 24.7 Å². The van der Waals surface area contributed by atoms with Crippen molar-refractivity contribution in [2.24, 2.45) is 0 Å². The zero-order valence-electron chi connectivity index (χ0n) is 17.0. The summed E-state index contributed by atoms with van der Waals surface area (Å²) in [5.41, 5.74) is 4.06. The van der Waals surface area contributed by atoms with Crippen LogP contribution < -0.4 is 0 Å². The summed E-state index contributed by atoms with van der Waals surface area (Å²) in [6.07, 6.45) is 2.11. The van der Waals surface area contributed by atoms with Gasteiger partial charge in [-0.25, -0.2) is 4.68 Å². The number of aliphatic carboxylic acids is 1. The monoisotopic (exact) mass is 395 g/mol. The quantitative estimate of drug-likeness (QED) is 0.655. The molecular formula is C22H25N3O4. The summed E-state index contributed by atoms with van der Waals surface area (Å²) >= 11 is 0. The van der Waals surface area contributed by atoms with E-state index in [9.17, 15) is 9.59 Å². The Hall–Kier alpha value is -3.35. The summed E-state index contributed by atoms with van der Waals surface area (Å²) < 4.78 is 7.19. The molecule has 7 heteroatoms. The molecule has 0 radical (unpaired) electrons. The highest BCUT2D eigenvalue weighted by Gasteiger charge is 2.21. The average Bonchev–Trinajstić information content (AvgIpc) is 3.33. The molecule has 1 unspecified atom stereocenters. The van der Waals surface area contributed by atoms with E-state index >= 15 is 0 Å². The van der Waals surface area contributed by atoms with Gasteiger partial charge in [0.1, 0.15) is 5.76 Å². The van der Waals surface area contributed by atoms with Gasteiger partial charge in [0.2, 0.25) is 0 Å².